The monoisotopic (exact) mass is 452 g/mol. The van der Waals surface area contributed by atoms with Gasteiger partial charge >= 0.3 is 11.9 Å². The minimum absolute atomic E-state index is 0.276. The fourth-order valence-corrected chi connectivity index (χ4v) is 3.24. The summed E-state index contributed by atoms with van der Waals surface area (Å²) in [6.45, 7) is 0.276. The zero-order valence-corrected chi connectivity index (χ0v) is 16.9. The Morgan fingerprint density at radius 3 is 2.62 bits per heavy atom. The maximum Gasteiger partial charge on any atom is 0.347 e. The van der Waals surface area contributed by atoms with Gasteiger partial charge in [-0.2, -0.15) is 5.10 Å². The molecule has 0 saturated carbocycles. The first-order chi connectivity index (χ1) is 14.1. The number of nitrogens with zero attached hydrogens (tertiary/aromatic N) is 2. The summed E-state index contributed by atoms with van der Waals surface area (Å²) >= 11 is 3.44. The standard InChI is InChI=1S/C22H17BrN2O4/c23-17-9-6-15(7-10-17)21-16(14-25(24-21)18-4-2-1-3-5-18)8-11-20(26)29-19-12-13-28-22(19)27/h1-11,14,19H,12-13H2/b11-8+. The number of cyclic esters (lactones) is 1. The van der Waals surface area contributed by atoms with Crippen LogP contribution >= 0.6 is 15.9 Å². The molecule has 1 aromatic heterocycles. The largest absolute Gasteiger partial charge is 0.463 e. The Bertz CT molecular complexity index is 1060. The van der Waals surface area contributed by atoms with Gasteiger partial charge in [0.15, 0.2) is 0 Å². The molecule has 7 heteroatoms. The van der Waals surface area contributed by atoms with Crippen LogP contribution in [-0.4, -0.2) is 34.4 Å². The molecule has 0 radical (unpaired) electrons. The number of carbonyl (C=O) groups excluding carboxylic acids is 2. The van der Waals surface area contributed by atoms with E-state index in [1.807, 2.05) is 60.8 Å². The van der Waals surface area contributed by atoms with Crippen LogP contribution in [0.4, 0.5) is 0 Å². The van der Waals surface area contributed by atoms with E-state index < -0.39 is 18.0 Å². The van der Waals surface area contributed by atoms with Gasteiger partial charge in [-0.3, -0.25) is 0 Å². The number of ether oxygens (including phenoxy) is 2. The van der Waals surface area contributed by atoms with Crippen LogP contribution in [0.5, 0.6) is 0 Å². The molecule has 4 rings (SSSR count). The summed E-state index contributed by atoms with van der Waals surface area (Å²) in [5, 5.41) is 4.70. The third kappa shape index (κ3) is 4.46. The van der Waals surface area contributed by atoms with Crippen LogP contribution in [0.25, 0.3) is 23.0 Å². The van der Waals surface area contributed by atoms with E-state index in [0.717, 1.165) is 27.0 Å². The van der Waals surface area contributed by atoms with E-state index in [2.05, 4.69) is 15.9 Å². The third-order valence-corrected chi connectivity index (χ3v) is 4.95. The van der Waals surface area contributed by atoms with E-state index in [0.29, 0.717) is 6.42 Å². The number of hydrogen-bond donors (Lipinski definition) is 0. The van der Waals surface area contributed by atoms with Gasteiger partial charge in [-0.1, -0.05) is 46.3 Å². The Morgan fingerprint density at radius 1 is 1.17 bits per heavy atom. The Balaban J connectivity index is 1.63. The fourth-order valence-electron chi connectivity index (χ4n) is 2.98. The highest BCUT2D eigenvalue weighted by Gasteiger charge is 2.29. The molecule has 146 valence electrons. The summed E-state index contributed by atoms with van der Waals surface area (Å²) < 4.78 is 12.7. The highest BCUT2D eigenvalue weighted by molar-refractivity contribution is 9.10. The van der Waals surface area contributed by atoms with Gasteiger partial charge < -0.3 is 9.47 Å². The molecular weight excluding hydrogens is 436 g/mol. The molecule has 0 aliphatic carbocycles. The van der Waals surface area contributed by atoms with Gasteiger partial charge in [0, 0.05) is 34.3 Å². The second-order valence-electron chi connectivity index (χ2n) is 6.44. The second kappa shape index (κ2) is 8.45. The van der Waals surface area contributed by atoms with Crippen molar-refractivity contribution in [1.82, 2.24) is 9.78 Å². The lowest BCUT2D eigenvalue weighted by Gasteiger charge is -2.05. The lowest BCUT2D eigenvalue weighted by Crippen LogP contribution is -2.21. The first-order valence-electron chi connectivity index (χ1n) is 9.06. The van der Waals surface area contributed by atoms with E-state index >= 15 is 0 Å². The minimum Gasteiger partial charge on any atom is -0.463 e. The van der Waals surface area contributed by atoms with Crippen LogP contribution in [0.3, 0.4) is 0 Å². The Morgan fingerprint density at radius 2 is 1.93 bits per heavy atom. The Labute approximate surface area is 175 Å². The molecule has 0 N–H and O–H groups in total. The van der Waals surface area contributed by atoms with Gasteiger partial charge in [0.05, 0.1) is 18.0 Å². The highest BCUT2D eigenvalue weighted by atomic mass is 79.9. The van der Waals surface area contributed by atoms with Gasteiger partial charge in [0.1, 0.15) is 0 Å². The van der Waals surface area contributed by atoms with Gasteiger partial charge in [-0.25, -0.2) is 14.3 Å². The molecule has 0 amide bonds. The molecule has 0 spiro atoms. The lowest BCUT2D eigenvalue weighted by molar-refractivity contribution is -0.156. The van der Waals surface area contributed by atoms with Crippen molar-refractivity contribution >= 4 is 33.9 Å². The molecule has 1 unspecified atom stereocenters. The summed E-state index contributed by atoms with van der Waals surface area (Å²) in [5.74, 6) is -1.10. The molecular formula is C22H17BrN2O4. The van der Waals surface area contributed by atoms with Crippen molar-refractivity contribution in [3.8, 4) is 16.9 Å². The van der Waals surface area contributed by atoms with Crippen molar-refractivity contribution in [2.45, 2.75) is 12.5 Å². The number of benzene rings is 2. The van der Waals surface area contributed by atoms with Crippen LogP contribution in [-0.2, 0) is 19.1 Å². The summed E-state index contributed by atoms with van der Waals surface area (Å²) in [6.07, 6.45) is 4.35. The number of esters is 2. The molecule has 1 aliphatic heterocycles. The number of halogens is 1. The smallest absolute Gasteiger partial charge is 0.347 e. The summed E-state index contributed by atoms with van der Waals surface area (Å²) in [4.78, 5) is 23.6. The fraction of sp³-hybridized carbons (Fsp3) is 0.136. The van der Waals surface area contributed by atoms with Crippen LogP contribution in [0.1, 0.15) is 12.0 Å². The molecule has 0 bridgehead atoms. The second-order valence-corrected chi connectivity index (χ2v) is 7.35. The SMILES string of the molecule is O=C(/C=C/c1cn(-c2ccccc2)nc1-c1ccc(Br)cc1)OC1CCOC1=O. The van der Waals surface area contributed by atoms with Crippen LogP contribution in [0.2, 0.25) is 0 Å². The Kier molecular flexibility index (Phi) is 5.57. The number of hydrogen-bond acceptors (Lipinski definition) is 5. The van der Waals surface area contributed by atoms with Crippen molar-refractivity contribution < 1.29 is 19.1 Å². The molecule has 1 fully saturated rings. The van der Waals surface area contributed by atoms with Crippen LogP contribution in [0, 0.1) is 0 Å². The van der Waals surface area contributed by atoms with Gasteiger partial charge in [0.25, 0.3) is 0 Å². The van der Waals surface area contributed by atoms with Gasteiger partial charge in [0.2, 0.25) is 6.10 Å². The third-order valence-electron chi connectivity index (χ3n) is 4.43. The van der Waals surface area contributed by atoms with Crippen molar-refractivity contribution in [3.63, 3.8) is 0 Å². The summed E-state index contributed by atoms with van der Waals surface area (Å²) in [7, 11) is 0. The van der Waals surface area contributed by atoms with Crippen molar-refractivity contribution in [3.05, 3.63) is 76.9 Å². The zero-order chi connectivity index (χ0) is 20.2. The van der Waals surface area contributed by atoms with Crippen molar-refractivity contribution in [2.75, 3.05) is 6.61 Å². The van der Waals surface area contributed by atoms with E-state index in [-0.39, 0.29) is 6.61 Å². The van der Waals surface area contributed by atoms with E-state index in [9.17, 15) is 9.59 Å². The normalized spacial score (nSPS) is 16.2. The molecule has 1 atom stereocenters. The zero-order valence-electron chi connectivity index (χ0n) is 15.3. The number of carbonyl (C=O) groups is 2. The molecule has 1 saturated heterocycles. The van der Waals surface area contributed by atoms with Gasteiger partial charge in [-0.15, -0.1) is 0 Å². The first kappa shape index (κ1) is 19.1. The number of aromatic nitrogens is 2. The maximum atomic E-state index is 12.1. The average Bonchev–Trinajstić information content (AvgIpc) is 3.34. The lowest BCUT2D eigenvalue weighted by atomic mass is 10.1. The highest BCUT2D eigenvalue weighted by Crippen LogP contribution is 2.26. The molecule has 3 aromatic rings. The number of rotatable bonds is 5. The van der Waals surface area contributed by atoms with Crippen LogP contribution in [0.15, 0.2) is 71.3 Å². The van der Waals surface area contributed by atoms with Crippen molar-refractivity contribution in [2.24, 2.45) is 0 Å². The molecule has 1 aliphatic rings. The predicted molar refractivity (Wildman–Crippen MR) is 111 cm³/mol. The molecule has 2 aromatic carbocycles. The average molecular weight is 453 g/mol. The minimum atomic E-state index is -0.829. The topological polar surface area (TPSA) is 70.4 Å². The Hall–Kier alpha value is -3.19. The van der Waals surface area contributed by atoms with Crippen LogP contribution < -0.4 is 0 Å². The first-order valence-corrected chi connectivity index (χ1v) is 9.86. The molecule has 6 nitrogen and oxygen atoms in total. The summed E-state index contributed by atoms with van der Waals surface area (Å²) in [6, 6.07) is 17.5. The van der Waals surface area contributed by atoms with Gasteiger partial charge in [-0.05, 0) is 30.3 Å². The molecule has 29 heavy (non-hydrogen) atoms. The quantitative estimate of drug-likeness (QED) is 0.429. The van der Waals surface area contributed by atoms with E-state index in [1.165, 1.54) is 6.08 Å². The number of para-hydroxylation sites is 1. The predicted octanol–water partition coefficient (Wildman–Crippen LogP) is 4.17. The van der Waals surface area contributed by atoms with E-state index in [4.69, 9.17) is 14.6 Å². The maximum absolute atomic E-state index is 12.1. The van der Waals surface area contributed by atoms with Crippen molar-refractivity contribution in [1.29, 1.82) is 0 Å². The van der Waals surface area contributed by atoms with E-state index in [1.54, 1.807) is 10.8 Å². The molecule has 2 heterocycles. The summed E-state index contributed by atoms with van der Waals surface area (Å²) in [5.41, 5.74) is 3.30.